The van der Waals surface area contributed by atoms with Gasteiger partial charge in [0.2, 0.25) is 5.91 Å². The molecule has 0 bridgehead atoms. The van der Waals surface area contributed by atoms with Gasteiger partial charge >= 0.3 is 0 Å². The first kappa shape index (κ1) is 12.6. The average Bonchev–Trinajstić information content (AvgIpc) is 2.13. The summed E-state index contributed by atoms with van der Waals surface area (Å²) in [6.07, 6.45) is 5.47. The van der Waals surface area contributed by atoms with Gasteiger partial charge in [-0.3, -0.25) is 9.79 Å². The van der Waals surface area contributed by atoms with E-state index >= 15 is 0 Å². The first-order valence-electron chi connectivity index (χ1n) is 4.50. The number of hydrogen-bond donors (Lipinski definition) is 0. The zero-order valence-electron chi connectivity index (χ0n) is 9.53. The molecular weight excluding hydrogens is 176 g/mol. The van der Waals surface area contributed by atoms with Crippen LogP contribution in [0.5, 0.6) is 0 Å². The summed E-state index contributed by atoms with van der Waals surface area (Å²) in [5, 5.41) is 0. The third-order valence-corrected chi connectivity index (χ3v) is 1.98. The van der Waals surface area contributed by atoms with Crippen molar-refractivity contribution in [2.75, 3.05) is 14.1 Å². The van der Waals surface area contributed by atoms with E-state index < -0.39 is 0 Å². The molecular formula is C11H18N2O. The molecule has 0 aliphatic rings. The molecule has 78 valence electrons. The molecule has 3 nitrogen and oxygen atoms in total. The molecule has 0 heterocycles. The van der Waals surface area contributed by atoms with E-state index in [9.17, 15) is 4.79 Å². The summed E-state index contributed by atoms with van der Waals surface area (Å²) in [4.78, 5) is 16.4. The van der Waals surface area contributed by atoms with Gasteiger partial charge in [0, 0.05) is 33.4 Å². The van der Waals surface area contributed by atoms with Crippen molar-refractivity contribution in [2.24, 2.45) is 4.99 Å². The summed E-state index contributed by atoms with van der Waals surface area (Å²) in [5.41, 5.74) is 2.16. The lowest BCUT2D eigenvalue weighted by Crippen LogP contribution is -2.17. The number of hydrogen-bond acceptors (Lipinski definition) is 2. The van der Waals surface area contributed by atoms with Crippen molar-refractivity contribution in [1.82, 2.24) is 4.90 Å². The van der Waals surface area contributed by atoms with Crippen molar-refractivity contribution < 1.29 is 4.79 Å². The van der Waals surface area contributed by atoms with Crippen molar-refractivity contribution in [3.63, 3.8) is 0 Å². The number of rotatable bonds is 3. The van der Waals surface area contributed by atoms with Crippen molar-refractivity contribution >= 4 is 12.1 Å². The van der Waals surface area contributed by atoms with Crippen molar-refractivity contribution in [3.05, 3.63) is 23.4 Å². The van der Waals surface area contributed by atoms with Crippen molar-refractivity contribution in [3.8, 4) is 0 Å². The fourth-order valence-corrected chi connectivity index (χ4v) is 0.801. The maximum atomic E-state index is 11.0. The Hall–Kier alpha value is -1.38. The molecule has 0 unspecified atom stereocenters. The molecule has 0 aromatic rings. The highest BCUT2D eigenvalue weighted by molar-refractivity contribution is 5.75. The maximum Gasteiger partial charge on any atom is 0.223 e. The second-order valence-electron chi connectivity index (χ2n) is 3.20. The summed E-state index contributed by atoms with van der Waals surface area (Å²) in [6.45, 7) is 5.49. The SMILES string of the molecule is CN=CC=C(C)C(C)=CN(C)C(C)=O. The van der Waals surface area contributed by atoms with E-state index in [1.165, 1.54) is 6.92 Å². The highest BCUT2D eigenvalue weighted by atomic mass is 16.2. The van der Waals surface area contributed by atoms with Crippen LogP contribution in [-0.2, 0) is 4.79 Å². The molecule has 0 aliphatic carbocycles. The third-order valence-electron chi connectivity index (χ3n) is 1.98. The van der Waals surface area contributed by atoms with Crippen LogP contribution in [0.3, 0.4) is 0 Å². The predicted octanol–water partition coefficient (Wildman–Crippen LogP) is 2.02. The zero-order valence-corrected chi connectivity index (χ0v) is 9.53. The molecule has 0 saturated heterocycles. The van der Waals surface area contributed by atoms with Crippen LogP contribution in [0.1, 0.15) is 20.8 Å². The molecule has 0 radical (unpaired) electrons. The number of carbonyl (C=O) groups excluding carboxylic acids is 1. The molecule has 0 saturated carbocycles. The van der Waals surface area contributed by atoms with Gasteiger partial charge in [-0.1, -0.05) is 0 Å². The highest BCUT2D eigenvalue weighted by Gasteiger charge is 1.99. The average molecular weight is 194 g/mol. The van der Waals surface area contributed by atoms with Crippen LogP contribution in [0.4, 0.5) is 0 Å². The second kappa shape index (κ2) is 6.13. The summed E-state index contributed by atoms with van der Waals surface area (Å²) in [6, 6.07) is 0. The molecule has 0 aromatic carbocycles. The van der Waals surface area contributed by atoms with Crippen molar-refractivity contribution in [1.29, 1.82) is 0 Å². The quantitative estimate of drug-likeness (QED) is 0.499. The summed E-state index contributed by atoms with van der Waals surface area (Å²) < 4.78 is 0. The van der Waals surface area contributed by atoms with E-state index in [-0.39, 0.29) is 5.91 Å². The fraction of sp³-hybridized carbons (Fsp3) is 0.455. The smallest absolute Gasteiger partial charge is 0.223 e. The number of nitrogens with zero attached hydrogens (tertiary/aromatic N) is 2. The molecule has 0 fully saturated rings. The first-order valence-corrected chi connectivity index (χ1v) is 4.50. The highest BCUT2D eigenvalue weighted by Crippen LogP contribution is 2.07. The molecule has 0 aromatic heterocycles. The van der Waals surface area contributed by atoms with Crippen LogP contribution in [0.2, 0.25) is 0 Å². The normalized spacial score (nSPS) is 13.5. The number of amides is 1. The van der Waals surface area contributed by atoms with Crippen LogP contribution in [0.25, 0.3) is 0 Å². The standard InChI is InChI=1S/C11H18N2O/c1-9(6-7-12-4)10(2)8-13(5)11(3)14/h6-8H,1-5H3. The lowest BCUT2D eigenvalue weighted by molar-refractivity contribution is -0.125. The molecule has 0 aliphatic heterocycles. The minimum absolute atomic E-state index is 0.0290. The Morgan fingerprint density at radius 1 is 1.21 bits per heavy atom. The van der Waals surface area contributed by atoms with Gasteiger partial charge in [0.15, 0.2) is 0 Å². The molecule has 0 N–H and O–H groups in total. The Morgan fingerprint density at radius 3 is 2.21 bits per heavy atom. The van der Waals surface area contributed by atoms with E-state index in [0.29, 0.717) is 0 Å². The van der Waals surface area contributed by atoms with E-state index in [1.54, 1.807) is 25.2 Å². The monoisotopic (exact) mass is 194 g/mol. The lowest BCUT2D eigenvalue weighted by atomic mass is 10.1. The minimum Gasteiger partial charge on any atom is -0.322 e. The number of carbonyl (C=O) groups is 1. The van der Waals surface area contributed by atoms with Gasteiger partial charge in [0.25, 0.3) is 0 Å². The van der Waals surface area contributed by atoms with Crippen LogP contribution < -0.4 is 0 Å². The Balaban J connectivity index is 4.60. The van der Waals surface area contributed by atoms with Crippen molar-refractivity contribution in [2.45, 2.75) is 20.8 Å². The van der Waals surface area contributed by atoms with Crippen LogP contribution >= 0.6 is 0 Å². The number of allylic oxidation sites excluding steroid dienone is 3. The van der Waals surface area contributed by atoms with Gasteiger partial charge in [0.05, 0.1) is 0 Å². The van der Waals surface area contributed by atoms with E-state index in [0.717, 1.165) is 11.1 Å². The van der Waals surface area contributed by atoms with Gasteiger partial charge in [-0.15, -0.1) is 0 Å². The molecule has 0 spiro atoms. The first-order chi connectivity index (χ1) is 6.49. The second-order valence-corrected chi connectivity index (χ2v) is 3.20. The molecule has 14 heavy (non-hydrogen) atoms. The number of aliphatic imine (C=N–C) groups is 1. The Labute approximate surface area is 85.8 Å². The molecule has 1 amide bonds. The van der Waals surface area contributed by atoms with Crippen LogP contribution in [0, 0.1) is 0 Å². The summed E-state index contributed by atoms with van der Waals surface area (Å²) >= 11 is 0. The minimum atomic E-state index is 0.0290. The maximum absolute atomic E-state index is 11.0. The van der Waals surface area contributed by atoms with Gasteiger partial charge in [-0.2, -0.15) is 0 Å². The van der Waals surface area contributed by atoms with Gasteiger partial charge in [-0.05, 0) is 31.1 Å². The Bertz CT molecular complexity index is 288. The molecule has 0 atom stereocenters. The lowest BCUT2D eigenvalue weighted by Gasteiger charge is -2.10. The predicted molar refractivity (Wildman–Crippen MR) is 60.4 cm³/mol. The molecule has 3 heteroatoms. The summed E-state index contributed by atoms with van der Waals surface area (Å²) in [5.74, 6) is 0.0290. The third kappa shape index (κ3) is 4.60. The Kier molecular flexibility index (Phi) is 5.53. The van der Waals surface area contributed by atoms with Gasteiger partial charge in [-0.25, -0.2) is 0 Å². The van der Waals surface area contributed by atoms with E-state index in [4.69, 9.17) is 0 Å². The topological polar surface area (TPSA) is 32.7 Å². The Morgan fingerprint density at radius 2 is 1.79 bits per heavy atom. The van der Waals surface area contributed by atoms with Gasteiger partial charge in [0.1, 0.15) is 0 Å². The summed E-state index contributed by atoms with van der Waals surface area (Å²) in [7, 11) is 3.47. The zero-order chi connectivity index (χ0) is 11.1. The van der Waals surface area contributed by atoms with E-state index in [1.807, 2.05) is 26.1 Å². The molecule has 0 rings (SSSR count). The van der Waals surface area contributed by atoms with Crippen LogP contribution in [0.15, 0.2) is 28.4 Å². The van der Waals surface area contributed by atoms with Crippen LogP contribution in [-0.4, -0.2) is 31.1 Å². The largest absolute Gasteiger partial charge is 0.322 e. The van der Waals surface area contributed by atoms with E-state index in [2.05, 4.69) is 4.99 Å². The van der Waals surface area contributed by atoms with Gasteiger partial charge < -0.3 is 4.90 Å². The fourth-order valence-electron chi connectivity index (χ4n) is 0.801.